The molecule has 1 unspecified atom stereocenters. The van der Waals surface area contributed by atoms with Crippen molar-refractivity contribution >= 4 is 5.82 Å². The Bertz CT molecular complexity index is 904. The van der Waals surface area contributed by atoms with Crippen molar-refractivity contribution in [1.29, 1.82) is 0 Å². The fraction of sp³-hybridized carbons (Fsp3) is 0.263. The first-order valence-electron chi connectivity index (χ1n) is 8.55. The Labute approximate surface area is 157 Å². The van der Waals surface area contributed by atoms with Crippen LogP contribution in [-0.2, 0) is 0 Å². The number of benzene rings is 1. The lowest BCUT2D eigenvalue weighted by Gasteiger charge is -2.13. The minimum absolute atomic E-state index is 0.187. The lowest BCUT2D eigenvalue weighted by Crippen LogP contribution is -2.29. The molecule has 8 nitrogen and oxygen atoms in total. The Morgan fingerprint density at radius 3 is 2.85 bits per heavy atom. The Morgan fingerprint density at radius 1 is 1.26 bits per heavy atom. The Balaban J connectivity index is 1.90. The zero-order valence-electron chi connectivity index (χ0n) is 15.3. The number of rotatable bonds is 7. The summed E-state index contributed by atoms with van der Waals surface area (Å²) in [5.41, 5.74) is 8.88. The number of likely N-dealkylation sites (N-methyl/N-ethyl adjacent to an activating group) is 1. The third-order valence-electron chi connectivity index (χ3n) is 3.96. The molecule has 1 atom stereocenters. The Hall–Kier alpha value is -3.10. The average Bonchev–Trinajstić information content (AvgIpc) is 2.69. The van der Waals surface area contributed by atoms with Gasteiger partial charge in [0.25, 0.3) is 0 Å². The highest BCUT2D eigenvalue weighted by Gasteiger charge is 2.14. The van der Waals surface area contributed by atoms with Gasteiger partial charge in [0, 0.05) is 30.1 Å². The molecular weight excluding hydrogens is 344 g/mol. The van der Waals surface area contributed by atoms with Crippen LogP contribution in [0.3, 0.4) is 0 Å². The van der Waals surface area contributed by atoms with E-state index in [9.17, 15) is 5.11 Å². The largest absolute Gasteiger partial charge is 0.491 e. The lowest BCUT2D eigenvalue weighted by atomic mass is 10.1. The molecule has 0 radical (unpaired) electrons. The minimum Gasteiger partial charge on any atom is -0.491 e. The van der Waals surface area contributed by atoms with E-state index in [-0.39, 0.29) is 6.61 Å². The maximum Gasteiger partial charge on any atom is 0.162 e. The molecule has 2 heterocycles. The molecule has 0 saturated carbocycles. The van der Waals surface area contributed by atoms with Crippen molar-refractivity contribution < 1.29 is 9.84 Å². The van der Waals surface area contributed by atoms with Gasteiger partial charge in [-0.05, 0) is 26.1 Å². The SMILES string of the molecule is CNCC(O)COc1cccc(-c2nc(N)c(C)c(-c3cnccn3)n2)c1. The normalized spacial score (nSPS) is 12.0. The van der Waals surface area contributed by atoms with Crippen LogP contribution in [0.1, 0.15) is 5.56 Å². The van der Waals surface area contributed by atoms with Gasteiger partial charge in [0.05, 0.1) is 11.9 Å². The molecule has 140 valence electrons. The van der Waals surface area contributed by atoms with Crippen LogP contribution in [0.25, 0.3) is 22.8 Å². The first-order valence-corrected chi connectivity index (χ1v) is 8.55. The van der Waals surface area contributed by atoms with Crippen LogP contribution < -0.4 is 15.8 Å². The number of hydrogen-bond donors (Lipinski definition) is 3. The van der Waals surface area contributed by atoms with Crippen molar-refractivity contribution in [1.82, 2.24) is 25.3 Å². The molecule has 0 aliphatic carbocycles. The topological polar surface area (TPSA) is 119 Å². The van der Waals surface area contributed by atoms with Crippen molar-refractivity contribution in [3.8, 4) is 28.5 Å². The van der Waals surface area contributed by atoms with E-state index in [0.717, 1.165) is 11.1 Å². The Morgan fingerprint density at radius 2 is 2.11 bits per heavy atom. The zero-order chi connectivity index (χ0) is 19.2. The summed E-state index contributed by atoms with van der Waals surface area (Å²) in [6, 6.07) is 7.35. The zero-order valence-corrected chi connectivity index (χ0v) is 15.3. The number of nitrogens with one attached hydrogen (secondary N) is 1. The second-order valence-electron chi connectivity index (χ2n) is 6.05. The molecule has 0 spiro atoms. The quantitative estimate of drug-likeness (QED) is 0.575. The van der Waals surface area contributed by atoms with Crippen molar-refractivity contribution in [2.24, 2.45) is 0 Å². The summed E-state index contributed by atoms with van der Waals surface area (Å²) >= 11 is 0. The molecular formula is C19H22N6O2. The monoisotopic (exact) mass is 366 g/mol. The van der Waals surface area contributed by atoms with Crippen LogP contribution >= 0.6 is 0 Å². The molecule has 8 heteroatoms. The van der Waals surface area contributed by atoms with Gasteiger partial charge >= 0.3 is 0 Å². The third kappa shape index (κ3) is 4.55. The first kappa shape index (κ1) is 18.7. The summed E-state index contributed by atoms with van der Waals surface area (Å²) in [6.45, 7) is 2.50. The fourth-order valence-electron chi connectivity index (χ4n) is 2.55. The summed E-state index contributed by atoms with van der Waals surface area (Å²) < 4.78 is 5.65. The van der Waals surface area contributed by atoms with E-state index in [2.05, 4.69) is 25.3 Å². The summed E-state index contributed by atoms with van der Waals surface area (Å²) in [5, 5.41) is 12.7. The van der Waals surface area contributed by atoms with Gasteiger partial charge in [0.1, 0.15) is 30.0 Å². The highest BCUT2D eigenvalue weighted by atomic mass is 16.5. The number of nitrogens with two attached hydrogens (primary N) is 1. The van der Waals surface area contributed by atoms with Gasteiger partial charge in [-0.1, -0.05) is 12.1 Å². The number of nitrogen functional groups attached to an aromatic ring is 1. The van der Waals surface area contributed by atoms with Gasteiger partial charge in [-0.2, -0.15) is 0 Å². The molecule has 3 aromatic rings. The number of aliphatic hydroxyl groups excluding tert-OH is 1. The second kappa shape index (κ2) is 8.52. The van der Waals surface area contributed by atoms with Crippen LogP contribution in [0, 0.1) is 6.92 Å². The van der Waals surface area contributed by atoms with E-state index in [1.807, 2.05) is 31.2 Å². The van der Waals surface area contributed by atoms with E-state index in [1.165, 1.54) is 0 Å². The molecule has 27 heavy (non-hydrogen) atoms. The highest BCUT2D eigenvalue weighted by Crippen LogP contribution is 2.27. The number of hydrogen-bond acceptors (Lipinski definition) is 8. The number of aliphatic hydroxyl groups is 1. The predicted octanol–water partition coefficient (Wildman–Crippen LogP) is 1.45. The predicted molar refractivity (Wildman–Crippen MR) is 103 cm³/mol. The standard InChI is InChI=1S/C19H22N6O2/c1-12-17(16-10-22-6-7-23-16)24-19(25-18(12)20)13-4-3-5-15(8-13)27-11-14(26)9-21-2/h3-8,10,14,21,26H,9,11H2,1-2H3,(H2,20,24,25). The molecule has 0 amide bonds. The van der Waals surface area contributed by atoms with Crippen molar-refractivity contribution in [2.45, 2.75) is 13.0 Å². The van der Waals surface area contributed by atoms with Crippen molar-refractivity contribution in [3.63, 3.8) is 0 Å². The minimum atomic E-state index is -0.590. The average molecular weight is 366 g/mol. The van der Waals surface area contributed by atoms with E-state index < -0.39 is 6.10 Å². The van der Waals surface area contributed by atoms with Crippen LogP contribution in [-0.4, -0.2) is 51.3 Å². The third-order valence-corrected chi connectivity index (χ3v) is 3.96. The maximum atomic E-state index is 9.78. The summed E-state index contributed by atoms with van der Waals surface area (Å²) in [6.07, 6.45) is 4.26. The van der Waals surface area contributed by atoms with E-state index >= 15 is 0 Å². The van der Waals surface area contributed by atoms with E-state index in [4.69, 9.17) is 10.5 Å². The van der Waals surface area contributed by atoms with Gasteiger partial charge in [-0.25, -0.2) is 9.97 Å². The summed E-state index contributed by atoms with van der Waals surface area (Å²) in [5.74, 6) is 1.47. The first-order chi connectivity index (χ1) is 13.1. The van der Waals surface area contributed by atoms with Gasteiger partial charge < -0.3 is 20.9 Å². The number of nitrogens with zero attached hydrogens (tertiary/aromatic N) is 4. The van der Waals surface area contributed by atoms with Crippen LogP contribution in [0.15, 0.2) is 42.9 Å². The molecule has 2 aromatic heterocycles. The van der Waals surface area contributed by atoms with Gasteiger partial charge in [-0.3, -0.25) is 9.97 Å². The molecule has 0 fully saturated rings. The fourth-order valence-corrected chi connectivity index (χ4v) is 2.55. The van der Waals surface area contributed by atoms with Gasteiger partial charge in [0.15, 0.2) is 5.82 Å². The van der Waals surface area contributed by atoms with Crippen molar-refractivity contribution in [2.75, 3.05) is 25.9 Å². The molecule has 0 saturated heterocycles. The van der Waals surface area contributed by atoms with Gasteiger partial charge in [-0.15, -0.1) is 0 Å². The highest BCUT2D eigenvalue weighted by molar-refractivity contribution is 5.69. The van der Waals surface area contributed by atoms with Crippen LogP contribution in [0.2, 0.25) is 0 Å². The molecule has 0 bridgehead atoms. The number of anilines is 1. The molecule has 4 N–H and O–H groups in total. The van der Waals surface area contributed by atoms with Crippen molar-refractivity contribution in [3.05, 3.63) is 48.4 Å². The summed E-state index contributed by atoms with van der Waals surface area (Å²) in [4.78, 5) is 17.4. The second-order valence-corrected chi connectivity index (χ2v) is 6.05. The number of aromatic nitrogens is 4. The van der Waals surface area contributed by atoms with Crippen LogP contribution in [0.5, 0.6) is 5.75 Å². The smallest absolute Gasteiger partial charge is 0.162 e. The van der Waals surface area contributed by atoms with Gasteiger partial charge in [0.2, 0.25) is 0 Å². The van der Waals surface area contributed by atoms with E-state index in [1.54, 1.807) is 25.6 Å². The molecule has 0 aliphatic rings. The number of ether oxygens (including phenoxy) is 1. The maximum absolute atomic E-state index is 9.78. The molecule has 1 aromatic carbocycles. The summed E-state index contributed by atoms with van der Waals surface area (Å²) in [7, 11) is 1.78. The molecule has 3 rings (SSSR count). The molecule has 0 aliphatic heterocycles. The Kier molecular flexibility index (Phi) is 5.90. The lowest BCUT2D eigenvalue weighted by molar-refractivity contribution is 0.108. The van der Waals surface area contributed by atoms with E-state index in [0.29, 0.717) is 35.3 Å². The van der Waals surface area contributed by atoms with Crippen LogP contribution in [0.4, 0.5) is 5.82 Å².